The smallest absolute Gasteiger partial charge is 0.150 e. The topological polar surface area (TPSA) is 66.0 Å². The van der Waals surface area contributed by atoms with Crippen LogP contribution in [0, 0.1) is 0 Å². The number of rotatable bonds is 2. The summed E-state index contributed by atoms with van der Waals surface area (Å²) in [6.07, 6.45) is 6.04. The maximum atomic E-state index is 6.13. The number of aryl methyl sites for hydroxylation is 1. The molecule has 0 spiro atoms. The first-order chi connectivity index (χ1) is 10.8. The van der Waals surface area contributed by atoms with E-state index in [1.807, 2.05) is 12.1 Å². The Hall–Kier alpha value is -2.56. The largest absolute Gasteiger partial charge is 0.497 e. The van der Waals surface area contributed by atoms with E-state index in [2.05, 4.69) is 26.7 Å². The van der Waals surface area contributed by atoms with Crippen molar-refractivity contribution in [3.63, 3.8) is 0 Å². The summed E-state index contributed by atoms with van der Waals surface area (Å²) < 4.78 is 7.47. The van der Waals surface area contributed by atoms with Crippen molar-refractivity contribution in [3.8, 4) is 11.4 Å². The molecule has 22 heavy (non-hydrogen) atoms. The Balaban J connectivity index is 2.02. The van der Waals surface area contributed by atoms with Gasteiger partial charge in [-0.1, -0.05) is 0 Å². The lowest BCUT2D eigenvalue weighted by Crippen LogP contribution is -2.07. The lowest BCUT2D eigenvalue weighted by atomic mass is 9.96. The molecule has 0 amide bonds. The van der Waals surface area contributed by atoms with Gasteiger partial charge in [-0.3, -0.25) is 4.57 Å². The first-order valence-electron chi connectivity index (χ1n) is 7.56. The highest BCUT2D eigenvalue weighted by Gasteiger charge is 2.23. The third-order valence-corrected chi connectivity index (χ3v) is 4.41. The van der Waals surface area contributed by atoms with Crippen LogP contribution in [0.1, 0.15) is 24.1 Å². The molecule has 0 saturated heterocycles. The molecule has 2 N–H and O–H groups in total. The molecule has 0 saturated carbocycles. The van der Waals surface area contributed by atoms with Crippen LogP contribution in [0.2, 0.25) is 0 Å². The van der Waals surface area contributed by atoms with Gasteiger partial charge in [0, 0.05) is 11.4 Å². The van der Waals surface area contributed by atoms with E-state index in [1.165, 1.54) is 24.1 Å². The molecule has 1 aromatic carbocycles. The highest BCUT2D eigenvalue weighted by Crippen LogP contribution is 2.35. The molecule has 2 aromatic heterocycles. The number of nitrogens with zero attached hydrogens (tertiary/aromatic N) is 3. The maximum Gasteiger partial charge on any atom is 0.150 e. The predicted octanol–water partition coefficient (Wildman–Crippen LogP) is 2.89. The van der Waals surface area contributed by atoms with Gasteiger partial charge in [-0.2, -0.15) is 0 Å². The second-order valence-corrected chi connectivity index (χ2v) is 5.62. The Morgan fingerprint density at radius 2 is 1.86 bits per heavy atom. The van der Waals surface area contributed by atoms with Gasteiger partial charge in [-0.15, -0.1) is 0 Å². The van der Waals surface area contributed by atoms with Crippen molar-refractivity contribution < 1.29 is 4.74 Å². The molecule has 0 atom stereocenters. The zero-order chi connectivity index (χ0) is 15.1. The number of anilines is 1. The first-order valence-corrected chi connectivity index (χ1v) is 7.56. The predicted molar refractivity (Wildman–Crippen MR) is 86.5 cm³/mol. The molecule has 0 radical (unpaired) electrons. The molecule has 0 fully saturated rings. The Kier molecular flexibility index (Phi) is 2.99. The Morgan fingerprint density at radius 1 is 1.09 bits per heavy atom. The van der Waals surface area contributed by atoms with Gasteiger partial charge >= 0.3 is 0 Å². The molecule has 1 aliphatic carbocycles. The minimum atomic E-state index is 0.579. The van der Waals surface area contributed by atoms with Gasteiger partial charge in [0.15, 0.2) is 5.65 Å². The van der Waals surface area contributed by atoms with Gasteiger partial charge in [0.1, 0.15) is 17.9 Å². The fourth-order valence-corrected chi connectivity index (χ4v) is 3.39. The van der Waals surface area contributed by atoms with Crippen molar-refractivity contribution >= 4 is 16.9 Å². The number of fused-ring (bicyclic) bond motifs is 3. The van der Waals surface area contributed by atoms with E-state index in [9.17, 15) is 0 Å². The lowest BCUT2D eigenvalue weighted by molar-refractivity contribution is 0.414. The third-order valence-electron chi connectivity index (χ3n) is 4.41. The Labute approximate surface area is 128 Å². The van der Waals surface area contributed by atoms with Crippen molar-refractivity contribution in [2.45, 2.75) is 25.7 Å². The van der Waals surface area contributed by atoms with Crippen LogP contribution in [0.15, 0.2) is 30.6 Å². The van der Waals surface area contributed by atoms with Crippen LogP contribution in [0.5, 0.6) is 5.75 Å². The Morgan fingerprint density at radius 3 is 2.64 bits per heavy atom. The molecule has 0 aliphatic heterocycles. The van der Waals surface area contributed by atoms with Gasteiger partial charge in [0.25, 0.3) is 0 Å². The quantitative estimate of drug-likeness (QED) is 0.789. The minimum Gasteiger partial charge on any atom is -0.497 e. The molecule has 5 heteroatoms. The summed E-state index contributed by atoms with van der Waals surface area (Å²) in [5.74, 6) is 1.43. The van der Waals surface area contributed by atoms with E-state index < -0.39 is 0 Å². The fourth-order valence-electron chi connectivity index (χ4n) is 3.39. The zero-order valence-electron chi connectivity index (χ0n) is 12.5. The molecule has 2 heterocycles. The van der Waals surface area contributed by atoms with Gasteiger partial charge < -0.3 is 10.5 Å². The van der Waals surface area contributed by atoms with Crippen molar-refractivity contribution in [1.29, 1.82) is 0 Å². The second kappa shape index (κ2) is 5.02. The van der Waals surface area contributed by atoms with E-state index in [-0.39, 0.29) is 0 Å². The van der Waals surface area contributed by atoms with Crippen molar-refractivity contribution in [3.05, 3.63) is 41.9 Å². The van der Waals surface area contributed by atoms with E-state index in [0.717, 1.165) is 35.3 Å². The molecule has 112 valence electrons. The number of nitrogens with two attached hydrogens (primary N) is 1. The van der Waals surface area contributed by atoms with Crippen LogP contribution in [0.3, 0.4) is 0 Å². The number of ether oxygens (including phenoxy) is 1. The summed E-state index contributed by atoms with van der Waals surface area (Å²) in [6.45, 7) is 0. The summed E-state index contributed by atoms with van der Waals surface area (Å²) in [5, 5.41) is 1.02. The molecule has 3 aromatic rings. The first kappa shape index (κ1) is 13.1. The maximum absolute atomic E-state index is 6.13. The summed E-state index contributed by atoms with van der Waals surface area (Å²) >= 11 is 0. The monoisotopic (exact) mass is 294 g/mol. The summed E-state index contributed by atoms with van der Waals surface area (Å²) in [5.41, 5.74) is 10.8. The average molecular weight is 294 g/mol. The molecule has 0 bridgehead atoms. The zero-order valence-corrected chi connectivity index (χ0v) is 12.5. The summed E-state index contributed by atoms with van der Waals surface area (Å²) in [4.78, 5) is 8.69. The molecular weight excluding hydrogens is 276 g/mol. The average Bonchev–Trinajstić information content (AvgIpc) is 2.90. The molecule has 4 rings (SSSR count). The number of nitrogen functional groups attached to an aromatic ring is 1. The Bertz CT molecular complexity index is 836. The highest BCUT2D eigenvalue weighted by molar-refractivity contribution is 5.92. The third kappa shape index (κ3) is 1.85. The number of hydrogen-bond acceptors (Lipinski definition) is 4. The van der Waals surface area contributed by atoms with Crippen molar-refractivity contribution in [2.75, 3.05) is 12.8 Å². The number of hydrogen-bond donors (Lipinski definition) is 1. The lowest BCUT2D eigenvalue weighted by Gasteiger charge is -2.15. The van der Waals surface area contributed by atoms with Crippen LogP contribution >= 0.6 is 0 Å². The number of aromatic nitrogens is 3. The SMILES string of the molecule is COc1ccc(-n2c3c(c4c(N)ncnc42)CCCC3)cc1. The number of benzene rings is 1. The minimum absolute atomic E-state index is 0.579. The van der Waals surface area contributed by atoms with Crippen LogP contribution in [0.25, 0.3) is 16.7 Å². The standard InChI is InChI=1S/C17H18N4O/c1-22-12-8-6-11(7-9-12)21-14-5-3-2-4-13(14)15-16(18)19-10-20-17(15)21/h6-10H,2-5H2,1H3,(H2,18,19,20). The molecular formula is C17H18N4O. The van der Waals surface area contributed by atoms with Gasteiger partial charge in [-0.25, -0.2) is 9.97 Å². The van der Waals surface area contributed by atoms with E-state index in [4.69, 9.17) is 10.5 Å². The van der Waals surface area contributed by atoms with E-state index >= 15 is 0 Å². The van der Waals surface area contributed by atoms with Crippen LogP contribution < -0.4 is 10.5 Å². The molecule has 1 aliphatic rings. The van der Waals surface area contributed by atoms with Crippen molar-refractivity contribution in [2.24, 2.45) is 0 Å². The van der Waals surface area contributed by atoms with Crippen LogP contribution in [-0.4, -0.2) is 21.6 Å². The van der Waals surface area contributed by atoms with Crippen LogP contribution in [0.4, 0.5) is 5.82 Å². The summed E-state index contributed by atoms with van der Waals surface area (Å²) in [6, 6.07) is 8.07. The van der Waals surface area contributed by atoms with E-state index in [0.29, 0.717) is 5.82 Å². The van der Waals surface area contributed by atoms with Crippen LogP contribution in [-0.2, 0) is 12.8 Å². The van der Waals surface area contributed by atoms with Gasteiger partial charge in [0.2, 0.25) is 0 Å². The normalized spacial score (nSPS) is 14.0. The number of methoxy groups -OCH3 is 1. The highest BCUT2D eigenvalue weighted by atomic mass is 16.5. The summed E-state index contributed by atoms with van der Waals surface area (Å²) in [7, 11) is 1.68. The molecule has 0 unspecified atom stereocenters. The van der Waals surface area contributed by atoms with E-state index in [1.54, 1.807) is 13.4 Å². The molecule has 5 nitrogen and oxygen atoms in total. The van der Waals surface area contributed by atoms with Gasteiger partial charge in [-0.05, 0) is 55.5 Å². The van der Waals surface area contributed by atoms with Gasteiger partial charge in [0.05, 0.1) is 12.5 Å². The second-order valence-electron chi connectivity index (χ2n) is 5.62. The fraction of sp³-hybridized carbons (Fsp3) is 0.294. The van der Waals surface area contributed by atoms with Crippen molar-refractivity contribution in [1.82, 2.24) is 14.5 Å².